The number of hydrogen-bond acceptors (Lipinski definition) is 2. The molecule has 0 aliphatic heterocycles. The minimum atomic E-state index is 0.739. The van der Waals surface area contributed by atoms with Gasteiger partial charge in [0.05, 0.1) is 5.69 Å². The Morgan fingerprint density at radius 3 is 2.80 bits per heavy atom. The van der Waals surface area contributed by atoms with E-state index in [-0.39, 0.29) is 0 Å². The molecule has 0 aromatic carbocycles. The minimum Gasteiger partial charge on any atom is -0.331 e. The predicted molar refractivity (Wildman–Crippen MR) is 83.0 cm³/mol. The van der Waals surface area contributed by atoms with E-state index in [1.165, 1.54) is 68.6 Å². The molecule has 2 unspecified atom stereocenters. The lowest BCUT2D eigenvalue weighted by molar-refractivity contribution is 0.278. The van der Waals surface area contributed by atoms with E-state index < -0.39 is 0 Å². The molecule has 1 aromatic rings. The lowest BCUT2D eigenvalue weighted by atomic mass is 9.86. The highest BCUT2D eigenvalue weighted by Crippen LogP contribution is 2.24. The quantitative estimate of drug-likeness (QED) is 0.914. The lowest BCUT2D eigenvalue weighted by Crippen LogP contribution is -2.39. The highest BCUT2D eigenvalue weighted by molar-refractivity contribution is 5.19. The van der Waals surface area contributed by atoms with Gasteiger partial charge in [-0.05, 0) is 51.4 Å². The summed E-state index contributed by atoms with van der Waals surface area (Å²) in [6.07, 6.45) is 10.7. The first kappa shape index (κ1) is 14.1. The molecular weight excluding hydrogens is 246 g/mol. The first-order valence-electron chi connectivity index (χ1n) is 8.54. The smallest absolute Gasteiger partial charge is 0.106 e. The minimum absolute atomic E-state index is 0.739. The summed E-state index contributed by atoms with van der Waals surface area (Å²) in [5.41, 5.74) is 2.90. The van der Waals surface area contributed by atoms with Crippen molar-refractivity contribution < 1.29 is 0 Å². The van der Waals surface area contributed by atoms with Crippen LogP contribution in [0.15, 0.2) is 0 Å². The first-order chi connectivity index (χ1) is 9.75. The average Bonchev–Trinajstić information content (AvgIpc) is 2.77. The van der Waals surface area contributed by atoms with Crippen molar-refractivity contribution in [2.45, 2.75) is 77.8 Å². The van der Waals surface area contributed by atoms with Gasteiger partial charge in [0.2, 0.25) is 0 Å². The van der Waals surface area contributed by atoms with Crippen molar-refractivity contribution in [1.29, 1.82) is 0 Å². The maximum absolute atomic E-state index is 4.77. The summed E-state index contributed by atoms with van der Waals surface area (Å²) in [6, 6.07) is 0.739. The van der Waals surface area contributed by atoms with Crippen LogP contribution in [0.2, 0.25) is 0 Å². The summed E-state index contributed by atoms with van der Waals surface area (Å²) in [4.78, 5) is 4.77. The fraction of sp³-hybridized carbons (Fsp3) is 0.824. The predicted octanol–water partition coefficient (Wildman–Crippen LogP) is 3.24. The molecule has 0 radical (unpaired) electrons. The third kappa shape index (κ3) is 2.93. The molecule has 112 valence electrons. The second kappa shape index (κ2) is 6.30. The topological polar surface area (TPSA) is 29.9 Å². The summed E-state index contributed by atoms with van der Waals surface area (Å²) < 4.78 is 2.47. The Kier molecular flexibility index (Phi) is 4.45. The van der Waals surface area contributed by atoms with Gasteiger partial charge in [0.25, 0.3) is 0 Å². The van der Waals surface area contributed by atoms with Gasteiger partial charge in [-0.3, -0.25) is 0 Å². The van der Waals surface area contributed by atoms with Crippen LogP contribution in [0, 0.1) is 12.8 Å². The first-order valence-corrected chi connectivity index (χ1v) is 8.54. The van der Waals surface area contributed by atoms with Crippen LogP contribution in [0.1, 0.15) is 62.7 Å². The fourth-order valence-corrected chi connectivity index (χ4v) is 4.01. The van der Waals surface area contributed by atoms with Crippen LogP contribution in [0.5, 0.6) is 0 Å². The Hall–Kier alpha value is -0.830. The highest BCUT2D eigenvalue weighted by atomic mass is 15.1. The molecule has 0 saturated heterocycles. The molecule has 0 bridgehead atoms. The van der Waals surface area contributed by atoms with Gasteiger partial charge in [-0.2, -0.15) is 0 Å². The molecule has 20 heavy (non-hydrogen) atoms. The van der Waals surface area contributed by atoms with E-state index in [1.807, 2.05) is 0 Å². The van der Waals surface area contributed by atoms with Gasteiger partial charge >= 0.3 is 0 Å². The largest absolute Gasteiger partial charge is 0.331 e. The highest BCUT2D eigenvalue weighted by Gasteiger charge is 2.21. The molecule has 2 aliphatic rings. The van der Waals surface area contributed by atoms with E-state index in [4.69, 9.17) is 4.98 Å². The Balaban J connectivity index is 1.57. The number of aryl methyl sites for hydroxylation is 2. The van der Waals surface area contributed by atoms with Crippen molar-refractivity contribution >= 4 is 0 Å². The van der Waals surface area contributed by atoms with Crippen LogP contribution in [0.4, 0.5) is 0 Å². The molecule has 0 spiro atoms. The zero-order valence-electron chi connectivity index (χ0n) is 13.1. The molecule has 1 N–H and O–H groups in total. The van der Waals surface area contributed by atoms with Gasteiger partial charge in [0, 0.05) is 24.8 Å². The maximum atomic E-state index is 4.77. The molecule has 2 atom stereocenters. The number of nitrogens with one attached hydrogen (secondary N) is 1. The van der Waals surface area contributed by atoms with E-state index >= 15 is 0 Å². The number of nitrogens with zero attached hydrogens (tertiary/aromatic N) is 2. The van der Waals surface area contributed by atoms with Gasteiger partial charge in [-0.1, -0.05) is 19.8 Å². The molecule has 3 nitrogen and oxygen atoms in total. The van der Waals surface area contributed by atoms with Gasteiger partial charge in [0.15, 0.2) is 0 Å². The van der Waals surface area contributed by atoms with Crippen molar-refractivity contribution in [1.82, 2.24) is 14.9 Å². The summed E-state index contributed by atoms with van der Waals surface area (Å²) in [5.74, 6) is 2.07. The zero-order valence-corrected chi connectivity index (χ0v) is 13.1. The van der Waals surface area contributed by atoms with Crippen molar-refractivity contribution in [2.24, 2.45) is 5.92 Å². The van der Waals surface area contributed by atoms with E-state index in [9.17, 15) is 0 Å². The zero-order chi connectivity index (χ0) is 13.9. The Morgan fingerprint density at radius 2 is 1.95 bits per heavy atom. The van der Waals surface area contributed by atoms with E-state index in [1.54, 1.807) is 0 Å². The number of rotatable bonds is 4. The standard InChI is InChI=1S/C17H29N3/c1-13-7-3-4-8-15(13)18-11-12-20-14(2)19-16-9-5-6-10-17(16)20/h13,15,18H,3-12H2,1-2H3. The van der Waals surface area contributed by atoms with E-state index in [0.29, 0.717) is 0 Å². The van der Waals surface area contributed by atoms with Crippen LogP contribution in [0.25, 0.3) is 0 Å². The molecule has 1 fully saturated rings. The van der Waals surface area contributed by atoms with Crippen molar-refractivity contribution in [3.8, 4) is 0 Å². The monoisotopic (exact) mass is 275 g/mol. The average molecular weight is 275 g/mol. The summed E-state index contributed by atoms with van der Waals surface area (Å²) in [5, 5.41) is 3.80. The van der Waals surface area contributed by atoms with Crippen LogP contribution in [-0.4, -0.2) is 22.1 Å². The third-order valence-corrected chi connectivity index (χ3v) is 5.28. The molecule has 3 heteroatoms. The Bertz CT molecular complexity index is 449. The van der Waals surface area contributed by atoms with Gasteiger partial charge in [-0.25, -0.2) is 4.98 Å². The molecule has 1 saturated carbocycles. The summed E-state index contributed by atoms with van der Waals surface area (Å²) >= 11 is 0. The summed E-state index contributed by atoms with van der Waals surface area (Å²) in [6.45, 7) is 6.76. The Morgan fingerprint density at radius 1 is 1.15 bits per heavy atom. The van der Waals surface area contributed by atoms with Crippen molar-refractivity contribution in [3.63, 3.8) is 0 Å². The van der Waals surface area contributed by atoms with Gasteiger partial charge < -0.3 is 9.88 Å². The molecule has 0 amide bonds. The number of imidazole rings is 1. The molecule has 3 rings (SSSR count). The van der Waals surface area contributed by atoms with Gasteiger partial charge in [-0.15, -0.1) is 0 Å². The second-order valence-electron chi connectivity index (χ2n) is 6.73. The number of hydrogen-bond donors (Lipinski definition) is 1. The number of fused-ring (bicyclic) bond motifs is 1. The Labute approximate surface area is 123 Å². The summed E-state index contributed by atoms with van der Waals surface area (Å²) in [7, 11) is 0. The van der Waals surface area contributed by atoms with Crippen molar-refractivity contribution in [3.05, 3.63) is 17.2 Å². The SMILES string of the molecule is Cc1nc2c(n1CCNC1CCCCC1C)CCCC2. The number of aromatic nitrogens is 2. The molecule has 2 aliphatic carbocycles. The lowest BCUT2D eigenvalue weighted by Gasteiger charge is -2.30. The normalized spacial score (nSPS) is 26.5. The van der Waals surface area contributed by atoms with Gasteiger partial charge in [0.1, 0.15) is 5.82 Å². The fourth-order valence-electron chi connectivity index (χ4n) is 4.01. The van der Waals surface area contributed by atoms with E-state index in [0.717, 1.165) is 25.0 Å². The van der Waals surface area contributed by atoms with Crippen LogP contribution in [-0.2, 0) is 19.4 Å². The molecular formula is C17H29N3. The van der Waals surface area contributed by atoms with Crippen LogP contribution >= 0.6 is 0 Å². The van der Waals surface area contributed by atoms with Crippen LogP contribution in [0.3, 0.4) is 0 Å². The van der Waals surface area contributed by atoms with Crippen LogP contribution < -0.4 is 5.32 Å². The van der Waals surface area contributed by atoms with Crippen molar-refractivity contribution in [2.75, 3.05) is 6.54 Å². The molecule has 1 heterocycles. The second-order valence-corrected chi connectivity index (χ2v) is 6.73. The van der Waals surface area contributed by atoms with E-state index in [2.05, 4.69) is 23.7 Å². The molecule has 1 aromatic heterocycles. The maximum Gasteiger partial charge on any atom is 0.106 e. The third-order valence-electron chi connectivity index (χ3n) is 5.28.